The Kier molecular flexibility index (Phi) is 32.9. The van der Waals surface area contributed by atoms with Crippen molar-refractivity contribution in [3.63, 3.8) is 0 Å². The molecule has 0 rings (SSSR count). The molecular weight excluding hydrogens is 615 g/mol. The maximum absolute atomic E-state index is 12.3. The third-order valence-corrected chi connectivity index (χ3v) is 8.37. The molecular formula is C38H69O8P. The summed E-state index contributed by atoms with van der Waals surface area (Å²) in [6.07, 6.45) is 38.6. The van der Waals surface area contributed by atoms with E-state index in [1.165, 1.54) is 64.2 Å². The van der Waals surface area contributed by atoms with Crippen molar-refractivity contribution < 1.29 is 37.9 Å². The van der Waals surface area contributed by atoms with Crippen LogP contribution in [0.15, 0.2) is 36.5 Å². The van der Waals surface area contributed by atoms with Crippen LogP contribution in [0.2, 0.25) is 0 Å². The Morgan fingerprint density at radius 3 is 1.49 bits per heavy atom. The van der Waals surface area contributed by atoms with E-state index in [4.69, 9.17) is 19.3 Å². The van der Waals surface area contributed by atoms with Gasteiger partial charge in [0.05, 0.1) is 6.61 Å². The number of allylic oxidation sites excluding steroid dienone is 6. The van der Waals surface area contributed by atoms with Crippen LogP contribution in [0.3, 0.4) is 0 Å². The number of unbranched alkanes of at least 4 members (excludes halogenated alkanes) is 18. The zero-order valence-electron chi connectivity index (χ0n) is 29.9. The van der Waals surface area contributed by atoms with Crippen LogP contribution in [0.1, 0.15) is 174 Å². The van der Waals surface area contributed by atoms with E-state index in [0.717, 1.165) is 77.0 Å². The molecule has 0 aliphatic carbocycles. The molecule has 0 aromatic rings. The third-order valence-electron chi connectivity index (χ3n) is 7.88. The molecule has 0 spiro atoms. The second-order valence-corrected chi connectivity index (χ2v) is 13.8. The molecule has 274 valence electrons. The van der Waals surface area contributed by atoms with Gasteiger partial charge in [-0.3, -0.25) is 14.1 Å². The smallest absolute Gasteiger partial charge is 0.462 e. The van der Waals surface area contributed by atoms with Gasteiger partial charge in [0.15, 0.2) is 6.10 Å². The molecule has 0 saturated heterocycles. The second-order valence-electron chi connectivity index (χ2n) is 12.5. The van der Waals surface area contributed by atoms with Gasteiger partial charge in [-0.05, 0) is 64.2 Å². The monoisotopic (exact) mass is 684 g/mol. The molecule has 0 aromatic carbocycles. The van der Waals surface area contributed by atoms with E-state index in [2.05, 4.69) is 54.8 Å². The van der Waals surface area contributed by atoms with Crippen molar-refractivity contribution >= 4 is 19.8 Å². The van der Waals surface area contributed by atoms with Crippen LogP contribution in [-0.4, -0.2) is 41.0 Å². The highest BCUT2D eigenvalue weighted by molar-refractivity contribution is 7.46. The Bertz CT molecular complexity index is 864. The lowest BCUT2D eigenvalue weighted by molar-refractivity contribution is -0.161. The van der Waals surface area contributed by atoms with Gasteiger partial charge in [0, 0.05) is 12.8 Å². The molecule has 0 saturated carbocycles. The first-order valence-corrected chi connectivity index (χ1v) is 20.3. The van der Waals surface area contributed by atoms with Crippen molar-refractivity contribution in [3.8, 4) is 0 Å². The highest BCUT2D eigenvalue weighted by Gasteiger charge is 2.22. The summed E-state index contributed by atoms with van der Waals surface area (Å²) in [5, 5.41) is 0. The number of rotatable bonds is 34. The van der Waals surface area contributed by atoms with E-state index >= 15 is 0 Å². The van der Waals surface area contributed by atoms with Crippen molar-refractivity contribution in [3.05, 3.63) is 36.5 Å². The molecule has 0 aliphatic rings. The van der Waals surface area contributed by atoms with Crippen LogP contribution in [-0.2, 0) is 28.2 Å². The molecule has 0 heterocycles. The number of hydrogen-bond donors (Lipinski definition) is 2. The summed E-state index contributed by atoms with van der Waals surface area (Å²) in [4.78, 5) is 42.7. The fraction of sp³-hybridized carbons (Fsp3) is 0.789. The molecule has 9 heteroatoms. The molecule has 0 fully saturated rings. The van der Waals surface area contributed by atoms with E-state index in [0.29, 0.717) is 6.42 Å². The Morgan fingerprint density at radius 2 is 0.979 bits per heavy atom. The molecule has 47 heavy (non-hydrogen) atoms. The first-order chi connectivity index (χ1) is 22.8. The number of phosphoric ester groups is 1. The van der Waals surface area contributed by atoms with Crippen LogP contribution in [0.5, 0.6) is 0 Å². The first kappa shape index (κ1) is 45.3. The van der Waals surface area contributed by atoms with Gasteiger partial charge in [-0.1, -0.05) is 134 Å². The Hall–Kier alpha value is -1.73. The van der Waals surface area contributed by atoms with Crippen LogP contribution in [0, 0.1) is 0 Å². The standard InChI is InChI=1S/C38H69O8P/c1-3-5-7-9-11-13-15-17-19-21-22-24-26-28-30-32-37(39)44-34-36(35-45-47(41,42)43)46-38(40)33-31-29-27-25-23-20-18-16-14-12-10-8-6-4-2/h10,12-13,15-16,18,36H,3-9,11,14,17,19-35H2,1-2H3,(H2,41,42,43)/b12-10+,15-13+,18-16+/t36-/m1/s1. The molecule has 0 unspecified atom stereocenters. The predicted molar refractivity (Wildman–Crippen MR) is 193 cm³/mol. The number of ether oxygens (including phenoxy) is 2. The van der Waals surface area contributed by atoms with E-state index in [1.54, 1.807) is 0 Å². The van der Waals surface area contributed by atoms with E-state index in [-0.39, 0.29) is 19.4 Å². The minimum absolute atomic E-state index is 0.195. The van der Waals surface area contributed by atoms with Crippen molar-refractivity contribution in [2.45, 2.75) is 180 Å². The summed E-state index contributed by atoms with van der Waals surface area (Å²) in [5.74, 6) is -0.907. The fourth-order valence-corrected chi connectivity index (χ4v) is 5.39. The fourth-order valence-electron chi connectivity index (χ4n) is 5.03. The lowest BCUT2D eigenvalue weighted by atomic mass is 10.1. The Balaban J connectivity index is 3.99. The molecule has 1 atom stereocenters. The van der Waals surface area contributed by atoms with Gasteiger partial charge in [-0.2, -0.15) is 0 Å². The maximum Gasteiger partial charge on any atom is 0.469 e. The SMILES string of the molecule is CCCC/C=C/C/C=C/CCCCCCCC(=O)O[C@H](COC(=O)CCCCCCCCC/C=C/CCCCCC)COP(=O)(O)O. The highest BCUT2D eigenvalue weighted by Crippen LogP contribution is 2.36. The summed E-state index contributed by atoms with van der Waals surface area (Å²) in [7, 11) is -4.75. The largest absolute Gasteiger partial charge is 0.469 e. The topological polar surface area (TPSA) is 119 Å². The summed E-state index contributed by atoms with van der Waals surface area (Å²) in [5.41, 5.74) is 0. The average Bonchev–Trinajstić information content (AvgIpc) is 3.03. The van der Waals surface area contributed by atoms with Crippen LogP contribution in [0.25, 0.3) is 0 Å². The number of esters is 2. The lowest BCUT2D eigenvalue weighted by Crippen LogP contribution is -2.29. The van der Waals surface area contributed by atoms with Gasteiger partial charge in [0.2, 0.25) is 0 Å². The minimum atomic E-state index is -4.75. The summed E-state index contributed by atoms with van der Waals surface area (Å²) in [6.45, 7) is 3.60. The Labute approximate surface area is 287 Å². The van der Waals surface area contributed by atoms with E-state index in [1.807, 2.05) is 0 Å². The van der Waals surface area contributed by atoms with Crippen LogP contribution in [0.4, 0.5) is 0 Å². The Morgan fingerprint density at radius 1 is 0.553 bits per heavy atom. The van der Waals surface area contributed by atoms with Crippen LogP contribution < -0.4 is 0 Å². The van der Waals surface area contributed by atoms with Gasteiger partial charge >= 0.3 is 19.8 Å². The second kappa shape index (κ2) is 34.1. The van der Waals surface area contributed by atoms with Gasteiger partial charge in [0.25, 0.3) is 0 Å². The maximum atomic E-state index is 12.3. The zero-order chi connectivity index (χ0) is 34.7. The number of hydrogen-bond acceptors (Lipinski definition) is 6. The molecule has 0 aromatic heterocycles. The van der Waals surface area contributed by atoms with Gasteiger partial charge in [-0.15, -0.1) is 0 Å². The molecule has 8 nitrogen and oxygen atoms in total. The zero-order valence-corrected chi connectivity index (χ0v) is 30.8. The van der Waals surface area contributed by atoms with Crippen molar-refractivity contribution in [2.75, 3.05) is 13.2 Å². The van der Waals surface area contributed by atoms with Gasteiger partial charge in [-0.25, -0.2) is 4.57 Å². The lowest BCUT2D eigenvalue weighted by Gasteiger charge is -2.18. The summed E-state index contributed by atoms with van der Waals surface area (Å²) >= 11 is 0. The molecule has 0 amide bonds. The average molecular weight is 685 g/mol. The van der Waals surface area contributed by atoms with E-state index in [9.17, 15) is 14.2 Å². The van der Waals surface area contributed by atoms with Crippen molar-refractivity contribution in [1.82, 2.24) is 0 Å². The summed E-state index contributed by atoms with van der Waals surface area (Å²) in [6, 6.07) is 0. The van der Waals surface area contributed by atoms with Crippen molar-refractivity contribution in [1.29, 1.82) is 0 Å². The number of phosphoric acid groups is 1. The molecule has 0 bridgehead atoms. The summed E-state index contributed by atoms with van der Waals surface area (Å²) < 4.78 is 26.3. The molecule has 0 aliphatic heterocycles. The third kappa shape index (κ3) is 36.9. The quantitative estimate of drug-likeness (QED) is 0.0297. The van der Waals surface area contributed by atoms with Crippen LogP contribution >= 0.6 is 7.82 Å². The normalized spacial score (nSPS) is 12.9. The van der Waals surface area contributed by atoms with Crippen molar-refractivity contribution in [2.24, 2.45) is 0 Å². The molecule has 2 N–H and O–H groups in total. The van der Waals surface area contributed by atoms with Gasteiger partial charge in [0.1, 0.15) is 6.61 Å². The van der Waals surface area contributed by atoms with E-state index < -0.39 is 32.5 Å². The predicted octanol–water partition coefficient (Wildman–Crippen LogP) is 11.0. The number of carbonyl (C=O) groups excluding carboxylic acids is 2. The highest BCUT2D eigenvalue weighted by atomic mass is 31.2. The number of carbonyl (C=O) groups is 2. The first-order valence-electron chi connectivity index (χ1n) is 18.8. The minimum Gasteiger partial charge on any atom is -0.462 e. The van der Waals surface area contributed by atoms with Gasteiger partial charge < -0.3 is 19.3 Å². The molecule has 0 radical (unpaired) electrons.